The van der Waals surface area contributed by atoms with E-state index in [4.69, 9.17) is 0 Å². The molecule has 2 aromatic rings. The highest BCUT2D eigenvalue weighted by atomic mass is 16.3. The number of benzene rings is 1. The van der Waals surface area contributed by atoms with E-state index in [2.05, 4.69) is 64.1 Å². The minimum Gasteiger partial charge on any atom is -0.507 e. The van der Waals surface area contributed by atoms with Crippen LogP contribution in [0.2, 0.25) is 0 Å². The molecule has 4 nitrogen and oxygen atoms in total. The van der Waals surface area contributed by atoms with Crippen LogP contribution in [0.5, 0.6) is 5.75 Å². The van der Waals surface area contributed by atoms with Gasteiger partial charge in [-0.05, 0) is 39.7 Å². The predicted molar refractivity (Wildman–Crippen MR) is 90.8 cm³/mol. The third kappa shape index (κ3) is 3.62. The zero-order valence-electron chi connectivity index (χ0n) is 14.4. The fraction of sp³-hybridized carbons (Fsp3) is 0.500. The Morgan fingerprint density at radius 3 is 2.00 bits per heavy atom. The van der Waals surface area contributed by atoms with Crippen LogP contribution in [-0.4, -0.2) is 14.8 Å². The molecule has 0 spiro atoms. The minimum atomic E-state index is -0.102. The zero-order chi connectivity index (χ0) is 16.5. The number of imidazole rings is 1. The lowest BCUT2D eigenvalue weighted by Gasteiger charge is -2.28. The highest BCUT2D eigenvalue weighted by Crippen LogP contribution is 2.39. The van der Waals surface area contributed by atoms with E-state index >= 15 is 0 Å². The fourth-order valence-electron chi connectivity index (χ4n) is 2.47. The lowest BCUT2D eigenvalue weighted by Crippen LogP contribution is -2.19. The van der Waals surface area contributed by atoms with E-state index in [1.54, 1.807) is 12.5 Å². The van der Waals surface area contributed by atoms with Crippen molar-refractivity contribution < 1.29 is 5.11 Å². The van der Waals surface area contributed by atoms with Crippen LogP contribution in [-0.2, 0) is 17.4 Å². The lowest BCUT2D eigenvalue weighted by atomic mass is 9.78. The summed E-state index contributed by atoms with van der Waals surface area (Å²) in [5.74, 6) is 0.423. The number of nitrogens with zero attached hydrogens (tertiary/aromatic N) is 2. The molecule has 4 heteroatoms. The summed E-state index contributed by atoms with van der Waals surface area (Å²) in [5, 5.41) is 10.7. The third-order valence-electron chi connectivity index (χ3n) is 3.76. The van der Waals surface area contributed by atoms with Gasteiger partial charge in [-0.2, -0.15) is 0 Å². The highest BCUT2D eigenvalue weighted by Gasteiger charge is 2.26. The summed E-state index contributed by atoms with van der Waals surface area (Å²) < 4.78 is 1.83. The summed E-state index contributed by atoms with van der Waals surface area (Å²) in [7, 11) is 0. The average molecular weight is 301 g/mol. The number of hydrogen-bond acceptors (Lipinski definition) is 3. The van der Waals surface area contributed by atoms with Gasteiger partial charge in [0.05, 0.1) is 6.54 Å². The SMILES string of the molecule is CC(C)(C)c1cc(CNn2ccnc2)cc(C(C)(C)C)c1O. The Kier molecular flexibility index (Phi) is 4.23. The smallest absolute Gasteiger partial charge is 0.123 e. The maximum atomic E-state index is 10.7. The second kappa shape index (κ2) is 5.67. The molecule has 0 aliphatic carbocycles. The largest absolute Gasteiger partial charge is 0.507 e. The molecule has 0 saturated heterocycles. The number of hydrogen-bond donors (Lipinski definition) is 2. The number of nitrogens with one attached hydrogen (secondary N) is 1. The Balaban J connectivity index is 2.41. The second-order valence-electron chi connectivity index (χ2n) is 7.84. The van der Waals surface area contributed by atoms with Crippen molar-refractivity contribution in [1.29, 1.82) is 0 Å². The van der Waals surface area contributed by atoms with Gasteiger partial charge in [0.15, 0.2) is 0 Å². The van der Waals surface area contributed by atoms with Crippen molar-refractivity contribution in [3.63, 3.8) is 0 Å². The predicted octanol–water partition coefficient (Wildman–Crippen LogP) is 3.93. The molecular formula is C18H27N3O. The van der Waals surface area contributed by atoms with Crippen molar-refractivity contribution in [3.05, 3.63) is 47.5 Å². The van der Waals surface area contributed by atoms with Gasteiger partial charge in [-0.25, -0.2) is 4.98 Å². The van der Waals surface area contributed by atoms with Crippen molar-refractivity contribution in [2.45, 2.75) is 58.9 Å². The van der Waals surface area contributed by atoms with Crippen LogP contribution in [0.4, 0.5) is 0 Å². The van der Waals surface area contributed by atoms with Crippen LogP contribution in [0.25, 0.3) is 0 Å². The van der Waals surface area contributed by atoms with Gasteiger partial charge in [0.2, 0.25) is 0 Å². The maximum absolute atomic E-state index is 10.7. The van der Waals surface area contributed by atoms with Crippen molar-refractivity contribution in [3.8, 4) is 5.75 Å². The van der Waals surface area contributed by atoms with E-state index in [1.807, 2.05) is 10.9 Å². The monoisotopic (exact) mass is 301 g/mol. The number of phenols is 1. The van der Waals surface area contributed by atoms with Crippen LogP contribution in [0, 0.1) is 0 Å². The first-order chi connectivity index (χ1) is 10.1. The topological polar surface area (TPSA) is 50.1 Å². The molecule has 0 atom stereocenters. The van der Waals surface area contributed by atoms with Crippen molar-refractivity contribution in [1.82, 2.24) is 9.66 Å². The first-order valence-corrected chi connectivity index (χ1v) is 7.68. The first kappa shape index (κ1) is 16.4. The number of aromatic nitrogens is 2. The Hall–Kier alpha value is -1.97. The molecule has 0 aliphatic rings. The number of phenolic OH excluding ortho intramolecular Hbond substituents is 1. The summed E-state index contributed by atoms with van der Waals surface area (Å²) in [6.07, 6.45) is 5.34. The van der Waals surface area contributed by atoms with E-state index < -0.39 is 0 Å². The first-order valence-electron chi connectivity index (χ1n) is 7.68. The van der Waals surface area contributed by atoms with Gasteiger partial charge < -0.3 is 10.5 Å². The lowest BCUT2D eigenvalue weighted by molar-refractivity contribution is 0.422. The Bertz CT molecular complexity index is 596. The maximum Gasteiger partial charge on any atom is 0.123 e. The van der Waals surface area contributed by atoms with Gasteiger partial charge >= 0.3 is 0 Å². The Morgan fingerprint density at radius 2 is 1.59 bits per heavy atom. The van der Waals surface area contributed by atoms with E-state index in [1.165, 1.54) is 0 Å². The fourth-order valence-corrected chi connectivity index (χ4v) is 2.47. The molecule has 2 rings (SSSR count). The van der Waals surface area contributed by atoms with E-state index in [9.17, 15) is 5.11 Å². The molecule has 0 aliphatic heterocycles. The third-order valence-corrected chi connectivity index (χ3v) is 3.76. The molecule has 22 heavy (non-hydrogen) atoms. The van der Waals surface area contributed by atoms with Crippen molar-refractivity contribution in [2.24, 2.45) is 0 Å². The Labute approximate surface area is 133 Å². The molecule has 0 fully saturated rings. The van der Waals surface area contributed by atoms with Gasteiger partial charge in [-0.15, -0.1) is 0 Å². The van der Waals surface area contributed by atoms with Crippen LogP contribution in [0.15, 0.2) is 30.9 Å². The highest BCUT2D eigenvalue weighted by molar-refractivity contribution is 5.50. The molecule has 120 valence electrons. The molecule has 0 radical (unpaired) electrons. The van der Waals surface area contributed by atoms with Gasteiger partial charge in [0, 0.05) is 12.4 Å². The Morgan fingerprint density at radius 1 is 1.05 bits per heavy atom. The quantitative estimate of drug-likeness (QED) is 0.903. The molecule has 0 saturated carbocycles. The van der Waals surface area contributed by atoms with E-state index in [-0.39, 0.29) is 10.8 Å². The summed E-state index contributed by atoms with van der Waals surface area (Å²) in [6, 6.07) is 4.18. The molecule has 2 N–H and O–H groups in total. The van der Waals surface area contributed by atoms with Gasteiger partial charge in [-0.3, -0.25) is 4.68 Å². The normalized spacial score (nSPS) is 12.5. The van der Waals surface area contributed by atoms with Gasteiger partial charge in [-0.1, -0.05) is 41.5 Å². The van der Waals surface area contributed by atoms with Crippen molar-refractivity contribution >= 4 is 0 Å². The van der Waals surface area contributed by atoms with Crippen molar-refractivity contribution in [2.75, 3.05) is 5.43 Å². The standard InChI is InChI=1S/C18H27N3O/c1-17(2,3)14-9-13(11-20-21-8-7-19-12-21)10-15(16(14)22)18(4,5)6/h7-10,12,20,22H,11H2,1-6H3. The molecular weight excluding hydrogens is 274 g/mol. The van der Waals surface area contributed by atoms with E-state index in [0.29, 0.717) is 12.3 Å². The molecule has 0 bridgehead atoms. The summed E-state index contributed by atoms with van der Waals surface area (Å²) in [6.45, 7) is 13.4. The number of rotatable bonds is 3. The molecule has 0 unspecified atom stereocenters. The van der Waals surface area contributed by atoms with Crippen LogP contribution < -0.4 is 5.43 Å². The van der Waals surface area contributed by atoms with Crippen LogP contribution in [0.1, 0.15) is 58.2 Å². The van der Waals surface area contributed by atoms with Gasteiger partial charge in [0.1, 0.15) is 12.1 Å². The summed E-state index contributed by atoms with van der Waals surface area (Å²) in [4.78, 5) is 4.02. The molecule has 0 amide bonds. The zero-order valence-corrected chi connectivity index (χ0v) is 14.4. The molecule has 1 aromatic heterocycles. The second-order valence-corrected chi connectivity index (χ2v) is 7.84. The summed E-state index contributed by atoms with van der Waals surface area (Å²) >= 11 is 0. The van der Waals surface area contributed by atoms with Crippen LogP contribution in [0.3, 0.4) is 0 Å². The van der Waals surface area contributed by atoms with Crippen LogP contribution >= 0.6 is 0 Å². The minimum absolute atomic E-state index is 0.102. The van der Waals surface area contributed by atoms with E-state index in [0.717, 1.165) is 16.7 Å². The molecule has 1 aromatic carbocycles. The average Bonchev–Trinajstić information content (AvgIpc) is 2.87. The molecule has 1 heterocycles. The van der Waals surface area contributed by atoms with Gasteiger partial charge in [0.25, 0.3) is 0 Å². The summed E-state index contributed by atoms with van der Waals surface area (Å²) in [5.41, 5.74) is 6.22. The number of aromatic hydroxyl groups is 1.